The lowest BCUT2D eigenvalue weighted by Crippen LogP contribution is -2.48. The summed E-state index contributed by atoms with van der Waals surface area (Å²) in [5.41, 5.74) is 2.84. The van der Waals surface area contributed by atoms with E-state index in [2.05, 4.69) is 9.88 Å². The van der Waals surface area contributed by atoms with E-state index in [4.69, 9.17) is 0 Å². The highest BCUT2D eigenvalue weighted by atomic mass is 32.2. The minimum atomic E-state index is -3.54. The molecule has 1 aliphatic rings. The molecule has 0 N–H and O–H groups in total. The average molecular weight is 397 g/mol. The fourth-order valence-corrected chi connectivity index (χ4v) is 4.77. The molecule has 0 radical (unpaired) electrons. The lowest BCUT2D eigenvalue weighted by molar-refractivity contribution is 0.385. The number of hydrogen-bond acceptors (Lipinski definition) is 4. The summed E-state index contributed by atoms with van der Waals surface area (Å²) in [6.45, 7) is 1.93. The average Bonchev–Trinajstić information content (AvgIpc) is 2.75. The molecule has 0 aliphatic carbocycles. The first-order chi connectivity index (χ1) is 13.5. The van der Waals surface area contributed by atoms with Crippen LogP contribution in [0.3, 0.4) is 0 Å². The van der Waals surface area contributed by atoms with Gasteiger partial charge in [0.2, 0.25) is 10.0 Å². The Hall–Kier alpha value is -2.77. The Bertz CT molecular complexity index is 1030. The SMILES string of the molecule is O=S(=O)(c1ccc(-c2ccncc2)cc1)N1CCN(c2ccc(F)cc2)CC1. The number of rotatable bonds is 4. The van der Waals surface area contributed by atoms with Crippen molar-refractivity contribution in [3.05, 3.63) is 78.9 Å². The van der Waals surface area contributed by atoms with Crippen LogP contribution in [0.4, 0.5) is 10.1 Å². The summed E-state index contributed by atoms with van der Waals surface area (Å²) in [6, 6.07) is 17.0. The minimum Gasteiger partial charge on any atom is -0.369 e. The van der Waals surface area contributed by atoms with Gasteiger partial charge in [0.1, 0.15) is 5.82 Å². The smallest absolute Gasteiger partial charge is 0.243 e. The largest absolute Gasteiger partial charge is 0.369 e. The van der Waals surface area contributed by atoms with Crippen LogP contribution in [0.5, 0.6) is 0 Å². The molecular formula is C21H20FN3O2S. The van der Waals surface area contributed by atoms with Crippen LogP contribution in [0.2, 0.25) is 0 Å². The Kier molecular flexibility index (Phi) is 5.11. The lowest BCUT2D eigenvalue weighted by Gasteiger charge is -2.35. The van der Waals surface area contributed by atoms with Gasteiger partial charge >= 0.3 is 0 Å². The van der Waals surface area contributed by atoms with Crippen LogP contribution in [0.1, 0.15) is 0 Å². The van der Waals surface area contributed by atoms with E-state index in [0.717, 1.165) is 16.8 Å². The molecule has 0 spiro atoms. The highest BCUT2D eigenvalue weighted by Gasteiger charge is 2.28. The topological polar surface area (TPSA) is 53.5 Å². The van der Waals surface area contributed by atoms with Crippen molar-refractivity contribution in [2.75, 3.05) is 31.1 Å². The maximum atomic E-state index is 13.1. The van der Waals surface area contributed by atoms with Crippen molar-refractivity contribution in [3.63, 3.8) is 0 Å². The highest BCUT2D eigenvalue weighted by Crippen LogP contribution is 2.24. The first-order valence-electron chi connectivity index (χ1n) is 9.05. The molecule has 5 nitrogen and oxygen atoms in total. The van der Waals surface area contributed by atoms with E-state index in [9.17, 15) is 12.8 Å². The molecule has 2 heterocycles. The van der Waals surface area contributed by atoms with Gasteiger partial charge in [0, 0.05) is 44.3 Å². The second-order valence-corrected chi connectivity index (χ2v) is 8.57. The molecule has 0 bridgehead atoms. The summed E-state index contributed by atoms with van der Waals surface area (Å²) < 4.78 is 40.5. The van der Waals surface area contributed by atoms with Crippen LogP contribution in [0, 0.1) is 5.82 Å². The van der Waals surface area contributed by atoms with Crippen molar-refractivity contribution in [3.8, 4) is 11.1 Å². The molecule has 144 valence electrons. The third kappa shape index (κ3) is 3.76. The Morgan fingerprint density at radius 1 is 0.750 bits per heavy atom. The molecule has 0 saturated carbocycles. The van der Waals surface area contributed by atoms with E-state index < -0.39 is 10.0 Å². The van der Waals surface area contributed by atoms with Crippen LogP contribution in [0.15, 0.2) is 78.0 Å². The maximum absolute atomic E-state index is 13.1. The summed E-state index contributed by atoms with van der Waals surface area (Å²) in [4.78, 5) is 6.36. The van der Waals surface area contributed by atoms with Gasteiger partial charge in [0.05, 0.1) is 4.90 Å². The van der Waals surface area contributed by atoms with E-state index >= 15 is 0 Å². The second-order valence-electron chi connectivity index (χ2n) is 6.63. The number of piperazine rings is 1. The zero-order valence-electron chi connectivity index (χ0n) is 15.2. The summed E-state index contributed by atoms with van der Waals surface area (Å²) in [5.74, 6) is -0.278. The number of sulfonamides is 1. The number of aromatic nitrogens is 1. The van der Waals surface area contributed by atoms with Gasteiger partial charge in [0.25, 0.3) is 0 Å². The van der Waals surface area contributed by atoms with Crippen LogP contribution in [-0.4, -0.2) is 43.9 Å². The number of nitrogens with zero attached hydrogens (tertiary/aromatic N) is 3. The molecule has 0 amide bonds. The Labute approximate surface area is 164 Å². The number of halogens is 1. The van der Waals surface area contributed by atoms with Gasteiger partial charge in [-0.05, 0) is 59.7 Å². The molecule has 1 fully saturated rings. The molecule has 2 aromatic carbocycles. The number of anilines is 1. The molecule has 3 aromatic rings. The van der Waals surface area contributed by atoms with E-state index in [-0.39, 0.29) is 5.82 Å². The quantitative estimate of drug-likeness (QED) is 0.677. The first kappa shape index (κ1) is 18.6. The summed E-state index contributed by atoms with van der Waals surface area (Å²) in [5, 5.41) is 0. The lowest BCUT2D eigenvalue weighted by atomic mass is 10.1. The standard InChI is InChI=1S/C21H20FN3O2S/c22-19-3-5-20(6-4-19)24-13-15-25(16-14-24)28(26,27)21-7-1-17(2-8-21)18-9-11-23-12-10-18/h1-12H,13-16H2. The van der Waals surface area contributed by atoms with E-state index in [1.165, 1.54) is 16.4 Å². The zero-order chi connectivity index (χ0) is 19.6. The van der Waals surface area contributed by atoms with Crippen LogP contribution in [0.25, 0.3) is 11.1 Å². The van der Waals surface area contributed by atoms with Crippen molar-refractivity contribution >= 4 is 15.7 Å². The molecule has 0 unspecified atom stereocenters. The number of hydrogen-bond donors (Lipinski definition) is 0. The molecule has 4 rings (SSSR count). The molecule has 7 heteroatoms. The predicted molar refractivity (Wildman–Crippen MR) is 107 cm³/mol. The van der Waals surface area contributed by atoms with Gasteiger partial charge in [-0.2, -0.15) is 4.31 Å². The van der Waals surface area contributed by atoms with E-state index in [1.807, 2.05) is 24.3 Å². The second kappa shape index (κ2) is 7.69. The van der Waals surface area contributed by atoms with Crippen molar-refractivity contribution < 1.29 is 12.8 Å². The molecule has 1 aromatic heterocycles. The molecule has 1 aliphatic heterocycles. The van der Waals surface area contributed by atoms with Crippen molar-refractivity contribution in [1.29, 1.82) is 0 Å². The number of benzene rings is 2. The molecule has 0 atom stereocenters. The van der Waals surface area contributed by atoms with Crippen LogP contribution in [-0.2, 0) is 10.0 Å². The zero-order valence-corrected chi connectivity index (χ0v) is 16.0. The van der Waals surface area contributed by atoms with E-state index in [0.29, 0.717) is 31.1 Å². The van der Waals surface area contributed by atoms with Gasteiger partial charge in [0.15, 0.2) is 0 Å². The third-order valence-corrected chi connectivity index (χ3v) is 6.85. The van der Waals surface area contributed by atoms with Gasteiger partial charge < -0.3 is 4.90 Å². The fraction of sp³-hybridized carbons (Fsp3) is 0.190. The summed E-state index contributed by atoms with van der Waals surface area (Å²) >= 11 is 0. The monoisotopic (exact) mass is 397 g/mol. The maximum Gasteiger partial charge on any atom is 0.243 e. The Balaban J connectivity index is 1.46. The third-order valence-electron chi connectivity index (χ3n) is 4.94. The molecule has 28 heavy (non-hydrogen) atoms. The van der Waals surface area contributed by atoms with Gasteiger partial charge in [-0.1, -0.05) is 12.1 Å². The van der Waals surface area contributed by atoms with E-state index in [1.54, 1.807) is 36.7 Å². The summed E-state index contributed by atoms with van der Waals surface area (Å²) in [7, 11) is -3.54. The minimum absolute atomic E-state index is 0.278. The fourth-order valence-electron chi connectivity index (χ4n) is 3.35. The van der Waals surface area contributed by atoms with Crippen LogP contribution < -0.4 is 4.90 Å². The number of pyridine rings is 1. The molecular weight excluding hydrogens is 377 g/mol. The highest BCUT2D eigenvalue weighted by molar-refractivity contribution is 7.89. The normalized spacial score (nSPS) is 15.5. The first-order valence-corrected chi connectivity index (χ1v) is 10.5. The summed E-state index contributed by atoms with van der Waals surface area (Å²) in [6.07, 6.45) is 3.42. The Morgan fingerprint density at radius 2 is 1.32 bits per heavy atom. The Morgan fingerprint density at radius 3 is 1.93 bits per heavy atom. The van der Waals surface area contributed by atoms with Gasteiger partial charge in [-0.3, -0.25) is 4.98 Å². The van der Waals surface area contributed by atoms with Gasteiger partial charge in [-0.25, -0.2) is 12.8 Å². The van der Waals surface area contributed by atoms with Crippen molar-refractivity contribution in [2.45, 2.75) is 4.90 Å². The van der Waals surface area contributed by atoms with Crippen molar-refractivity contribution in [1.82, 2.24) is 9.29 Å². The van der Waals surface area contributed by atoms with Crippen molar-refractivity contribution in [2.24, 2.45) is 0 Å². The predicted octanol–water partition coefficient (Wildman–Crippen LogP) is 3.40. The van der Waals surface area contributed by atoms with Crippen LogP contribution >= 0.6 is 0 Å². The van der Waals surface area contributed by atoms with Gasteiger partial charge in [-0.15, -0.1) is 0 Å². The molecule has 1 saturated heterocycles.